The number of nitrogens with two attached hydrogens (primary N) is 2. The van der Waals surface area contributed by atoms with Gasteiger partial charge in [0.1, 0.15) is 13.1 Å². The van der Waals surface area contributed by atoms with Crippen molar-refractivity contribution in [2.75, 3.05) is 26.2 Å². The Hall–Kier alpha value is -2.00. The molecule has 0 aliphatic carbocycles. The molecule has 0 aromatic carbocycles. The van der Waals surface area contributed by atoms with Crippen LogP contribution in [0.3, 0.4) is 0 Å². The fraction of sp³-hybridized carbons (Fsp3) is 0.500. The van der Waals surface area contributed by atoms with Gasteiger partial charge in [0, 0.05) is 0 Å². The molecule has 0 spiro atoms. The molecular weight excluding hydrogens is 232 g/mol. The summed E-state index contributed by atoms with van der Waals surface area (Å²) in [6, 6.07) is 0. The molecule has 0 aromatic heterocycles. The van der Waals surface area contributed by atoms with E-state index < -0.39 is 36.8 Å². The Morgan fingerprint density at radius 1 is 0.824 bits per heavy atom. The van der Waals surface area contributed by atoms with Gasteiger partial charge in [-0.25, -0.2) is 9.59 Å². The van der Waals surface area contributed by atoms with Gasteiger partial charge in [-0.3, -0.25) is 9.59 Å². The summed E-state index contributed by atoms with van der Waals surface area (Å²) in [7, 11) is 0. The Morgan fingerprint density at radius 2 is 1.18 bits per heavy atom. The van der Waals surface area contributed by atoms with Gasteiger partial charge >= 0.3 is 11.9 Å². The van der Waals surface area contributed by atoms with Crippen molar-refractivity contribution in [3.05, 3.63) is 0 Å². The first-order valence-corrected chi connectivity index (χ1v) is 4.66. The van der Waals surface area contributed by atoms with Gasteiger partial charge in [-0.15, -0.1) is 0 Å². The molecule has 0 unspecified atom stereocenters. The second-order valence-electron chi connectivity index (χ2n) is 2.81. The highest BCUT2D eigenvalue weighted by molar-refractivity contribution is 5.91. The van der Waals surface area contributed by atoms with Crippen LogP contribution in [-0.4, -0.2) is 49.9 Å². The highest BCUT2D eigenvalue weighted by atomic mass is 16.6. The minimum atomic E-state index is -0.946. The molecule has 2 amide bonds. The number of hydrogen-bond acceptors (Lipinski definition) is 7. The number of nitrogens with one attached hydrogen (secondary N) is 2. The molecule has 96 valence electrons. The lowest BCUT2D eigenvalue weighted by molar-refractivity contribution is -0.159. The van der Waals surface area contributed by atoms with Crippen molar-refractivity contribution >= 4 is 23.8 Å². The van der Waals surface area contributed by atoms with Crippen molar-refractivity contribution in [3.63, 3.8) is 0 Å². The van der Waals surface area contributed by atoms with E-state index in [0.29, 0.717) is 0 Å². The maximum atomic E-state index is 11.0. The molecule has 0 saturated heterocycles. The molecule has 0 heterocycles. The van der Waals surface area contributed by atoms with Crippen LogP contribution in [0.2, 0.25) is 0 Å². The van der Waals surface area contributed by atoms with Crippen LogP contribution >= 0.6 is 0 Å². The Labute approximate surface area is 96.8 Å². The maximum Gasteiger partial charge on any atom is 0.333 e. The number of carbonyl (C=O) groups excluding carboxylic acids is 4. The first-order chi connectivity index (χ1) is 7.99. The van der Waals surface area contributed by atoms with Gasteiger partial charge in [0.2, 0.25) is 11.8 Å². The molecule has 0 aliphatic heterocycles. The Balaban J connectivity index is 3.77. The molecule has 0 bridgehead atoms. The van der Waals surface area contributed by atoms with E-state index in [2.05, 4.69) is 15.4 Å². The summed E-state index contributed by atoms with van der Waals surface area (Å²) < 4.78 is 4.25. The second-order valence-corrected chi connectivity index (χ2v) is 2.81. The van der Waals surface area contributed by atoms with E-state index in [1.807, 2.05) is 0 Å². The van der Waals surface area contributed by atoms with Crippen LogP contribution in [0.4, 0.5) is 0 Å². The highest BCUT2D eigenvalue weighted by Gasteiger charge is 2.11. The SMILES string of the molecule is NCC(=O)NCC(=O)OC(=O)CNC(=O)CN. The number of carbonyl (C=O) groups is 4. The highest BCUT2D eigenvalue weighted by Crippen LogP contribution is 1.79. The average molecular weight is 246 g/mol. The second kappa shape index (κ2) is 8.19. The van der Waals surface area contributed by atoms with Gasteiger partial charge < -0.3 is 26.8 Å². The fourth-order valence-corrected chi connectivity index (χ4v) is 0.685. The average Bonchev–Trinajstić information content (AvgIpc) is 2.32. The summed E-state index contributed by atoms with van der Waals surface area (Å²) in [6.45, 7) is -1.47. The van der Waals surface area contributed by atoms with Crippen LogP contribution in [0.15, 0.2) is 0 Å². The van der Waals surface area contributed by atoms with Crippen molar-refractivity contribution in [2.45, 2.75) is 0 Å². The summed E-state index contributed by atoms with van der Waals surface area (Å²) in [5, 5.41) is 4.23. The third-order valence-corrected chi connectivity index (χ3v) is 1.46. The van der Waals surface area contributed by atoms with E-state index in [1.165, 1.54) is 0 Å². The molecular formula is C8H14N4O5. The quantitative estimate of drug-likeness (QED) is 0.277. The first-order valence-electron chi connectivity index (χ1n) is 4.66. The number of ether oxygens (including phenoxy) is 1. The zero-order valence-electron chi connectivity index (χ0n) is 9.02. The minimum Gasteiger partial charge on any atom is -0.390 e. The monoisotopic (exact) mass is 246 g/mol. The van der Waals surface area contributed by atoms with Gasteiger partial charge in [-0.2, -0.15) is 0 Å². The molecule has 0 atom stereocenters. The number of rotatable bonds is 6. The normalized spacial score (nSPS) is 9.29. The summed E-state index contributed by atoms with van der Waals surface area (Å²) in [6.07, 6.45) is 0. The Morgan fingerprint density at radius 3 is 1.47 bits per heavy atom. The number of amides is 2. The molecule has 0 aliphatic rings. The summed E-state index contributed by atoms with van der Waals surface area (Å²) >= 11 is 0. The van der Waals surface area contributed by atoms with E-state index in [1.54, 1.807) is 0 Å². The van der Waals surface area contributed by atoms with Crippen LogP contribution in [0.5, 0.6) is 0 Å². The first kappa shape index (κ1) is 15.0. The van der Waals surface area contributed by atoms with Crippen molar-refractivity contribution < 1.29 is 23.9 Å². The van der Waals surface area contributed by atoms with Crippen molar-refractivity contribution in [3.8, 4) is 0 Å². The van der Waals surface area contributed by atoms with E-state index >= 15 is 0 Å². The predicted octanol–water partition coefficient (Wildman–Crippen LogP) is -3.79. The Kier molecular flexibility index (Phi) is 7.22. The van der Waals surface area contributed by atoms with Gasteiger partial charge in [0.15, 0.2) is 0 Å². The molecule has 0 rings (SSSR count). The summed E-state index contributed by atoms with van der Waals surface area (Å²) in [4.78, 5) is 43.2. The lowest BCUT2D eigenvalue weighted by Crippen LogP contribution is -2.38. The topological polar surface area (TPSA) is 154 Å². The van der Waals surface area contributed by atoms with Crippen molar-refractivity contribution in [1.82, 2.24) is 10.6 Å². The van der Waals surface area contributed by atoms with Crippen molar-refractivity contribution in [1.29, 1.82) is 0 Å². The van der Waals surface area contributed by atoms with Gasteiger partial charge in [-0.05, 0) is 0 Å². The largest absolute Gasteiger partial charge is 0.390 e. The standard InChI is InChI=1S/C8H14N4O5/c9-1-5(13)11-3-7(15)17-8(16)4-12-6(14)2-10/h1-4,9-10H2,(H,11,13)(H,12,14). The zero-order valence-corrected chi connectivity index (χ0v) is 9.02. The number of hydrogen-bond donors (Lipinski definition) is 4. The minimum absolute atomic E-state index is 0.270. The lowest BCUT2D eigenvalue weighted by atomic mass is 10.5. The lowest BCUT2D eigenvalue weighted by Gasteiger charge is -2.04. The molecule has 9 nitrogen and oxygen atoms in total. The third kappa shape index (κ3) is 7.88. The van der Waals surface area contributed by atoms with Crippen LogP contribution in [0, 0.1) is 0 Å². The zero-order chi connectivity index (χ0) is 13.3. The van der Waals surface area contributed by atoms with Gasteiger partial charge in [0.25, 0.3) is 0 Å². The van der Waals surface area contributed by atoms with Crippen molar-refractivity contribution in [2.24, 2.45) is 11.5 Å². The fourth-order valence-electron chi connectivity index (χ4n) is 0.685. The van der Waals surface area contributed by atoms with Crippen LogP contribution in [-0.2, 0) is 23.9 Å². The third-order valence-electron chi connectivity index (χ3n) is 1.46. The van der Waals surface area contributed by atoms with Crippen LogP contribution < -0.4 is 22.1 Å². The van der Waals surface area contributed by atoms with Gasteiger partial charge in [-0.1, -0.05) is 0 Å². The van der Waals surface area contributed by atoms with E-state index in [9.17, 15) is 19.2 Å². The van der Waals surface area contributed by atoms with E-state index in [-0.39, 0.29) is 13.1 Å². The molecule has 17 heavy (non-hydrogen) atoms. The Bertz CT molecular complexity index is 287. The summed E-state index contributed by atoms with van der Waals surface area (Å²) in [5.41, 5.74) is 9.93. The van der Waals surface area contributed by atoms with E-state index in [0.717, 1.165) is 0 Å². The molecule has 0 saturated carbocycles. The van der Waals surface area contributed by atoms with Crippen LogP contribution in [0.25, 0.3) is 0 Å². The predicted molar refractivity (Wildman–Crippen MR) is 55.2 cm³/mol. The van der Waals surface area contributed by atoms with Crippen LogP contribution in [0.1, 0.15) is 0 Å². The molecule has 0 aromatic rings. The molecule has 0 radical (unpaired) electrons. The number of esters is 2. The summed E-state index contributed by atoms with van der Waals surface area (Å²) in [5.74, 6) is -2.99. The maximum absolute atomic E-state index is 11.0. The molecule has 0 fully saturated rings. The van der Waals surface area contributed by atoms with E-state index in [4.69, 9.17) is 11.5 Å². The molecule has 6 N–H and O–H groups in total. The smallest absolute Gasteiger partial charge is 0.333 e. The van der Waals surface area contributed by atoms with Gasteiger partial charge in [0.05, 0.1) is 13.1 Å². The molecule has 9 heteroatoms.